The highest BCUT2D eigenvalue weighted by Crippen LogP contribution is 2.19. The van der Waals surface area contributed by atoms with Crippen molar-refractivity contribution < 1.29 is 4.79 Å². The van der Waals surface area contributed by atoms with Gasteiger partial charge in [0.1, 0.15) is 0 Å². The predicted molar refractivity (Wildman–Crippen MR) is 76.5 cm³/mol. The summed E-state index contributed by atoms with van der Waals surface area (Å²) in [6.45, 7) is 5.27. The molecule has 1 aromatic rings. The van der Waals surface area contributed by atoms with E-state index in [0.29, 0.717) is 42.4 Å². The summed E-state index contributed by atoms with van der Waals surface area (Å²) in [5.74, 6) is 0.455. The van der Waals surface area contributed by atoms with E-state index >= 15 is 0 Å². The van der Waals surface area contributed by atoms with Gasteiger partial charge >= 0.3 is 0 Å². The maximum Gasteiger partial charge on any atom is 0.221 e. The molecule has 5 nitrogen and oxygen atoms in total. The van der Waals surface area contributed by atoms with Gasteiger partial charge in [-0.2, -0.15) is 5.26 Å². The minimum atomic E-state index is 0.0104. The largest absolute Gasteiger partial charge is 0.397 e. The molecule has 0 aromatic heterocycles. The van der Waals surface area contributed by atoms with Crippen LogP contribution in [0, 0.1) is 17.2 Å². The number of carbonyl (C=O) groups excluding carboxylic acids is 1. The number of benzene rings is 1. The molecular weight excluding hydrogens is 240 g/mol. The van der Waals surface area contributed by atoms with E-state index in [9.17, 15) is 4.79 Å². The lowest BCUT2D eigenvalue weighted by molar-refractivity contribution is -0.120. The lowest BCUT2D eigenvalue weighted by Gasteiger charge is -2.10. The molecule has 0 atom stereocenters. The SMILES string of the molecule is CC(C)CNC(=O)CCNc1cc(C#N)ccc1N. The summed E-state index contributed by atoms with van der Waals surface area (Å²) in [4.78, 5) is 11.5. The van der Waals surface area contributed by atoms with E-state index in [0.717, 1.165) is 0 Å². The number of rotatable bonds is 6. The Kier molecular flexibility index (Phi) is 5.68. The topological polar surface area (TPSA) is 90.9 Å². The van der Waals surface area contributed by atoms with E-state index in [1.807, 2.05) is 13.8 Å². The van der Waals surface area contributed by atoms with Crippen molar-refractivity contribution in [3.63, 3.8) is 0 Å². The van der Waals surface area contributed by atoms with E-state index in [1.54, 1.807) is 18.2 Å². The van der Waals surface area contributed by atoms with Crippen molar-refractivity contribution in [2.24, 2.45) is 5.92 Å². The van der Waals surface area contributed by atoms with E-state index in [1.165, 1.54) is 0 Å². The second-order valence-corrected chi connectivity index (χ2v) is 4.79. The molecule has 0 saturated heterocycles. The molecule has 0 bridgehead atoms. The number of hydrogen-bond donors (Lipinski definition) is 3. The molecule has 1 amide bonds. The Labute approximate surface area is 113 Å². The summed E-state index contributed by atoms with van der Waals surface area (Å²) in [5, 5.41) is 14.7. The Bertz CT molecular complexity index is 477. The summed E-state index contributed by atoms with van der Waals surface area (Å²) in [6, 6.07) is 7.08. The number of nitriles is 1. The van der Waals surface area contributed by atoms with E-state index in [2.05, 4.69) is 16.7 Å². The molecule has 5 heteroatoms. The number of amides is 1. The van der Waals surface area contributed by atoms with Gasteiger partial charge < -0.3 is 16.4 Å². The van der Waals surface area contributed by atoms with E-state index in [4.69, 9.17) is 11.0 Å². The van der Waals surface area contributed by atoms with Gasteiger partial charge in [-0.15, -0.1) is 0 Å². The zero-order valence-electron chi connectivity index (χ0n) is 11.4. The average molecular weight is 260 g/mol. The van der Waals surface area contributed by atoms with Gasteiger partial charge in [0.15, 0.2) is 0 Å². The smallest absolute Gasteiger partial charge is 0.221 e. The summed E-state index contributed by atoms with van der Waals surface area (Å²) >= 11 is 0. The number of anilines is 2. The minimum absolute atomic E-state index is 0.0104. The molecule has 0 fully saturated rings. The Morgan fingerprint density at radius 3 is 2.84 bits per heavy atom. The number of nitrogens with one attached hydrogen (secondary N) is 2. The fourth-order valence-corrected chi connectivity index (χ4v) is 1.50. The predicted octanol–water partition coefficient (Wildman–Crippen LogP) is 1.71. The van der Waals surface area contributed by atoms with E-state index < -0.39 is 0 Å². The average Bonchev–Trinajstić information content (AvgIpc) is 2.38. The van der Waals surface area contributed by atoms with Gasteiger partial charge in [0, 0.05) is 19.5 Å². The first kappa shape index (κ1) is 14.8. The Balaban J connectivity index is 2.41. The van der Waals surface area contributed by atoms with Gasteiger partial charge in [-0.05, 0) is 24.1 Å². The summed E-state index contributed by atoms with van der Waals surface area (Å²) < 4.78 is 0. The zero-order chi connectivity index (χ0) is 14.3. The van der Waals surface area contributed by atoms with Crippen molar-refractivity contribution in [3.8, 4) is 6.07 Å². The van der Waals surface area contributed by atoms with Gasteiger partial charge in [-0.25, -0.2) is 0 Å². The standard InChI is InChI=1S/C14H20N4O/c1-10(2)9-18-14(19)5-6-17-13-7-11(8-15)3-4-12(13)16/h3-4,7,10,17H,5-6,9,16H2,1-2H3,(H,18,19). The van der Waals surface area contributed by atoms with Gasteiger partial charge in [0.05, 0.1) is 23.0 Å². The first-order valence-corrected chi connectivity index (χ1v) is 6.33. The highest BCUT2D eigenvalue weighted by molar-refractivity contribution is 5.77. The Morgan fingerprint density at radius 2 is 2.21 bits per heavy atom. The summed E-state index contributed by atoms with van der Waals surface area (Å²) in [7, 11) is 0. The lowest BCUT2D eigenvalue weighted by atomic mass is 10.2. The minimum Gasteiger partial charge on any atom is -0.397 e. The Morgan fingerprint density at radius 1 is 1.47 bits per heavy atom. The van der Waals surface area contributed by atoms with Crippen LogP contribution >= 0.6 is 0 Å². The number of nitrogen functional groups attached to an aromatic ring is 1. The highest BCUT2D eigenvalue weighted by atomic mass is 16.1. The van der Waals surface area contributed by atoms with E-state index in [-0.39, 0.29) is 5.91 Å². The highest BCUT2D eigenvalue weighted by Gasteiger charge is 2.04. The van der Waals surface area contributed by atoms with Crippen LogP contribution in [-0.2, 0) is 4.79 Å². The molecule has 1 rings (SSSR count). The zero-order valence-corrected chi connectivity index (χ0v) is 11.4. The lowest BCUT2D eigenvalue weighted by Crippen LogP contribution is -2.28. The van der Waals surface area contributed by atoms with Crippen molar-refractivity contribution in [2.75, 3.05) is 24.1 Å². The second kappa shape index (κ2) is 7.27. The number of carbonyl (C=O) groups is 1. The molecule has 102 valence electrons. The van der Waals surface area contributed by atoms with Crippen LogP contribution < -0.4 is 16.4 Å². The van der Waals surface area contributed by atoms with Crippen LogP contribution in [0.3, 0.4) is 0 Å². The van der Waals surface area contributed by atoms with Gasteiger partial charge in [-0.1, -0.05) is 13.8 Å². The molecule has 0 heterocycles. The van der Waals surface area contributed by atoms with Crippen LogP contribution in [0.4, 0.5) is 11.4 Å². The monoisotopic (exact) mass is 260 g/mol. The van der Waals surface area contributed by atoms with Crippen molar-refractivity contribution in [1.29, 1.82) is 5.26 Å². The van der Waals surface area contributed by atoms with Crippen molar-refractivity contribution in [1.82, 2.24) is 5.32 Å². The van der Waals surface area contributed by atoms with Crippen LogP contribution in [0.25, 0.3) is 0 Å². The fourth-order valence-electron chi connectivity index (χ4n) is 1.50. The van der Waals surface area contributed by atoms with Gasteiger partial charge in [0.2, 0.25) is 5.91 Å². The van der Waals surface area contributed by atoms with Crippen LogP contribution in [0.2, 0.25) is 0 Å². The van der Waals surface area contributed by atoms with Crippen LogP contribution in [-0.4, -0.2) is 19.0 Å². The van der Waals surface area contributed by atoms with Gasteiger partial charge in [-0.3, -0.25) is 4.79 Å². The number of nitrogens with zero attached hydrogens (tertiary/aromatic N) is 1. The van der Waals surface area contributed by atoms with Crippen LogP contribution in [0.1, 0.15) is 25.8 Å². The maximum absolute atomic E-state index is 11.5. The summed E-state index contributed by atoms with van der Waals surface area (Å²) in [6.07, 6.45) is 0.378. The third-order valence-corrected chi connectivity index (χ3v) is 2.56. The molecule has 0 spiro atoms. The van der Waals surface area contributed by atoms with Crippen molar-refractivity contribution in [3.05, 3.63) is 23.8 Å². The molecule has 19 heavy (non-hydrogen) atoms. The molecule has 0 aliphatic rings. The van der Waals surface area contributed by atoms with Crippen molar-refractivity contribution in [2.45, 2.75) is 20.3 Å². The molecule has 0 unspecified atom stereocenters. The third-order valence-electron chi connectivity index (χ3n) is 2.56. The third kappa shape index (κ3) is 5.30. The molecule has 4 N–H and O–H groups in total. The first-order valence-electron chi connectivity index (χ1n) is 6.33. The van der Waals surface area contributed by atoms with Crippen LogP contribution in [0.15, 0.2) is 18.2 Å². The second-order valence-electron chi connectivity index (χ2n) is 4.79. The molecule has 0 aliphatic carbocycles. The number of nitrogens with two attached hydrogens (primary N) is 1. The van der Waals surface area contributed by atoms with Gasteiger partial charge in [0.25, 0.3) is 0 Å². The first-order chi connectivity index (χ1) is 9.02. The maximum atomic E-state index is 11.5. The molecule has 1 aromatic carbocycles. The molecule has 0 radical (unpaired) electrons. The fraction of sp³-hybridized carbons (Fsp3) is 0.429. The molecule has 0 aliphatic heterocycles. The molecular formula is C14H20N4O. The summed E-state index contributed by atoms with van der Waals surface area (Å²) in [5.41, 5.74) is 7.59. The number of hydrogen-bond acceptors (Lipinski definition) is 4. The molecule has 0 saturated carbocycles. The quantitative estimate of drug-likeness (QED) is 0.679. The Hall–Kier alpha value is -2.22. The normalized spacial score (nSPS) is 10.0. The van der Waals surface area contributed by atoms with Crippen LogP contribution in [0.5, 0.6) is 0 Å². The van der Waals surface area contributed by atoms with Crippen molar-refractivity contribution >= 4 is 17.3 Å².